The number of amides is 1. The van der Waals surface area contributed by atoms with Crippen molar-refractivity contribution in [2.24, 2.45) is 7.05 Å². The lowest BCUT2D eigenvalue weighted by molar-refractivity contribution is 0.139. The Kier molecular flexibility index (Phi) is 5.09. The number of hydrogen-bond donors (Lipinski definition) is 1. The Balaban J connectivity index is 1.57. The summed E-state index contributed by atoms with van der Waals surface area (Å²) in [6.45, 7) is 0.561. The summed E-state index contributed by atoms with van der Waals surface area (Å²) >= 11 is 0. The zero-order valence-corrected chi connectivity index (χ0v) is 13.9. The van der Waals surface area contributed by atoms with Crippen molar-refractivity contribution in [3.63, 3.8) is 0 Å². The Morgan fingerprint density at radius 2 is 1.84 bits per heavy atom. The summed E-state index contributed by atoms with van der Waals surface area (Å²) < 4.78 is 6.66. The van der Waals surface area contributed by atoms with Gasteiger partial charge in [0.2, 0.25) is 0 Å². The topological polar surface area (TPSA) is 73.2 Å². The van der Waals surface area contributed by atoms with E-state index in [1.165, 1.54) is 4.57 Å². The molecule has 6 nitrogen and oxygen atoms in total. The van der Waals surface area contributed by atoms with Crippen molar-refractivity contribution in [1.29, 1.82) is 0 Å². The molecule has 6 heteroatoms. The minimum Gasteiger partial charge on any atom is -0.445 e. The number of hydrogen-bond acceptors (Lipinski definition) is 4. The van der Waals surface area contributed by atoms with Crippen molar-refractivity contribution >= 4 is 17.0 Å². The van der Waals surface area contributed by atoms with E-state index >= 15 is 0 Å². The van der Waals surface area contributed by atoms with Crippen molar-refractivity contribution in [3.05, 3.63) is 76.3 Å². The first-order chi connectivity index (χ1) is 12.1. The van der Waals surface area contributed by atoms with E-state index in [1.807, 2.05) is 48.5 Å². The van der Waals surface area contributed by atoms with Crippen molar-refractivity contribution < 1.29 is 9.53 Å². The molecule has 0 spiro atoms. The highest BCUT2D eigenvalue weighted by Gasteiger charge is 2.08. The number of carbonyl (C=O) groups excluding carboxylic acids is 1. The van der Waals surface area contributed by atoms with Crippen LogP contribution < -0.4 is 10.9 Å². The fourth-order valence-electron chi connectivity index (χ4n) is 2.54. The average molecular weight is 337 g/mol. The molecule has 0 radical (unpaired) electrons. The molecule has 0 bridgehead atoms. The number of rotatable bonds is 5. The predicted molar refractivity (Wildman–Crippen MR) is 95.3 cm³/mol. The predicted octanol–water partition coefficient (Wildman–Crippen LogP) is 2.40. The van der Waals surface area contributed by atoms with Crippen molar-refractivity contribution in [3.8, 4) is 0 Å². The van der Waals surface area contributed by atoms with Gasteiger partial charge in [-0.15, -0.1) is 0 Å². The van der Waals surface area contributed by atoms with Gasteiger partial charge in [-0.2, -0.15) is 0 Å². The van der Waals surface area contributed by atoms with E-state index in [1.54, 1.807) is 13.1 Å². The van der Waals surface area contributed by atoms with Gasteiger partial charge in [0, 0.05) is 20.0 Å². The van der Waals surface area contributed by atoms with Gasteiger partial charge in [0.05, 0.1) is 10.9 Å². The molecule has 1 amide bonds. The van der Waals surface area contributed by atoms with Gasteiger partial charge in [0.1, 0.15) is 12.4 Å². The first kappa shape index (κ1) is 16.7. The Morgan fingerprint density at radius 1 is 1.12 bits per heavy atom. The highest BCUT2D eigenvalue weighted by atomic mass is 16.5. The quantitative estimate of drug-likeness (QED) is 0.776. The number of ether oxygens (including phenoxy) is 1. The van der Waals surface area contributed by atoms with Crippen LogP contribution in [0.3, 0.4) is 0 Å². The van der Waals surface area contributed by atoms with E-state index in [9.17, 15) is 9.59 Å². The smallest absolute Gasteiger partial charge is 0.407 e. The number of alkyl carbamates (subject to hydrolysis) is 1. The van der Waals surface area contributed by atoms with E-state index in [0.717, 1.165) is 5.56 Å². The number of carbonyl (C=O) groups is 1. The van der Waals surface area contributed by atoms with Crippen LogP contribution in [-0.4, -0.2) is 22.2 Å². The maximum absolute atomic E-state index is 12.3. The second-order valence-electron chi connectivity index (χ2n) is 5.65. The number of nitrogens with one attached hydrogen (secondary N) is 1. The molecular weight excluding hydrogens is 318 g/mol. The third-order valence-electron chi connectivity index (χ3n) is 3.91. The largest absolute Gasteiger partial charge is 0.445 e. The van der Waals surface area contributed by atoms with Crippen LogP contribution >= 0.6 is 0 Å². The Labute approximate surface area is 145 Å². The second kappa shape index (κ2) is 7.61. The molecule has 3 rings (SSSR count). The molecule has 0 saturated heterocycles. The molecule has 25 heavy (non-hydrogen) atoms. The molecule has 3 aromatic rings. The molecule has 0 fully saturated rings. The van der Waals surface area contributed by atoms with Crippen LogP contribution in [0.1, 0.15) is 11.4 Å². The summed E-state index contributed by atoms with van der Waals surface area (Å²) in [4.78, 5) is 28.6. The van der Waals surface area contributed by atoms with E-state index in [0.29, 0.717) is 29.7 Å². The van der Waals surface area contributed by atoms with Gasteiger partial charge >= 0.3 is 6.09 Å². The van der Waals surface area contributed by atoms with E-state index in [-0.39, 0.29) is 12.2 Å². The zero-order valence-electron chi connectivity index (χ0n) is 13.9. The molecule has 0 aliphatic heterocycles. The standard InChI is InChI=1S/C19H19N3O3/c1-22-17(21-16-10-6-5-9-15(16)18(22)23)11-12-20-19(24)25-13-14-7-3-2-4-8-14/h2-10H,11-13H2,1H3,(H,20,24). The third-order valence-corrected chi connectivity index (χ3v) is 3.91. The number of para-hydroxylation sites is 1. The van der Waals surface area contributed by atoms with Crippen LogP contribution in [0.15, 0.2) is 59.4 Å². The summed E-state index contributed by atoms with van der Waals surface area (Å²) in [5, 5.41) is 3.27. The van der Waals surface area contributed by atoms with Crippen molar-refractivity contribution in [2.75, 3.05) is 6.54 Å². The maximum Gasteiger partial charge on any atom is 0.407 e. The van der Waals surface area contributed by atoms with Crippen LogP contribution in [0.25, 0.3) is 10.9 Å². The minimum absolute atomic E-state index is 0.0905. The van der Waals surface area contributed by atoms with Crippen molar-refractivity contribution in [1.82, 2.24) is 14.9 Å². The van der Waals surface area contributed by atoms with Gasteiger partial charge in [-0.1, -0.05) is 42.5 Å². The SMILES string of the molecule is Cn1c(CCNC(=O)OCc2ccccc2)nc2ccccc2c1=O. The fraction of sp³-hybridized carbons (Fsp3) is 0.211. The van der Waals surface area contributed by atoms with Gasteiger partial charge in [-0.3, -0.25) is 9.36 Å². The second-order valence-corrected chi connectivity index (χ2v) is 5.65. The number of aromatic nitrogens is 2. The molecule has 0 aliphatic rings. The number of benzene rings is 2. The Hall–Kier alpha value is -3.15. The van der Waals surface area contributed by atoms with Gasteiger partial charge in [0.15, 0.2) is 0 Å². The molecule has 0 saturated carbocycles. The van der Waals surface area contributed by atoms with E-state index in [4.69, 9.17) is 4.74 Å². The van der Waals surface area contributed by atoms with Gasteiger partial charge in [0.25, 0.3) is 5.56 Å². The fourth-order valence-corrected chi connectivity index (χ4v) is 2.54. The summed E-state index contributed by atoms with van der Waals surface area (Å²) in [6.07, 6.45) is -0.0496. The Bertz CT molecular complexity index is 936. The third kappa shape index (κ3) is 4.03. The number of nitrogens with zero attached hydrogens (tertiary/aromatic N) is 2. The average Bonchev–Trinajstić information content (AvgIpc) is 2.65. The first-order valence-electron chi connectivity index (χ1n) is 8.04. The molecular formula is C19H19N3O3. The summed E-state index contributed by atoms with van der Waals surface area (Å²) in [6, 6.07) is 16.7. The van der Waals surface area contributed by atoms with Gasteiger partial charge in [-0.05, 0) is 17.7 Å². The minimum atomic E-state index is -0.491. The van der Waals surface area contributed by atoms with Gasteiger partial charge < -0.3 is 10.1 Å². The van der Waals surface area contributed by atoms with Crippen LogP contribution in [0.4, 0.5) is 4.79 Å². The Morgan fingerprint density at radius 3 is 2.64 bits per heavy atom. The highest BCUT2D eigenvalue weighted by Crippen LogP contribution is 2.07. The molecule has 1 heterocycles. The summed E-state index contributed by atoms with van der Waals surface area (Å²) in [5.41, 5.74) is 1.50. The van der Waals surface area contributed by atoms with E-state index in [2.05, 4.69) is 10.3 Å². The lowest BCUT2D eigenvalue weighted by Crippen LogP contribution is -2.29. The van der Waals surface area contributed by atoms with Crippen molar-refractivity contribution in [2.45, 2.75) is 13.0 Å². The maximum atomic E-state index is 12.3. The summed E-state index contributed by atoms with van der Waals surface area (Å²) in [7, 11) is 1.69. The molecule has 0 atom stereocenters. The van der Waals surface area contributed by atoms with Crippen LogP contribution in [0.5, 0.6) is 0 Å². The van der Waals surface area contributed by atoms with Crippen LogP contribution in [0, 0.1) is 0 Å². The zero-order chi connectivity index (χ0) is 17.6. The molecule has 128 valence electrons. The number of fused-ring (bicyclic) bond motifs is 1. The monoisotopic (exact) mass is 337 g/mol. The summed E-state index contributed by atoms with van der Waals surface area (Å²) in [5.74, 6) is 0.618. The molecule has 2 aromatic carbocycles. The van der Waals surface area contributed by atoms with E-state index < -0.39 is 6.09 Å². The normalized spacial score (nSPS) is 10.6. The highest BCUT2D eigenvalue weighted by molar-refractivity contribution is 5.77. The lowest BCUT2D eigenvalue weighted by atomic mass is 10.2. The van der Waals surface area contributed by atoms with Crippen LogP contribution in [-0.2, 0) is 24.8 Å². The molecule has 0 unspecified atom stereocenters. The molecule has 1 aromatic heterocycles. The lowest BCUT2D eigenvalue weighted by Gasteiger charge is -2.10. The van der Waals surface area contributed by atoms with Crippen LogP contribution in [0.2, 0.25) is 0 Å². The first-order valence-corrected chi connectivity index (χ1v) is 8.04. The molecule has 1 N–H and O–H groups in total. The van der Waals surface area contributed by atoms with Gasteiger partial charge in [-0.25, -0.2) is 9.78 Å². The molecule has 0 aliphatic carbocycles.